The molecule has 4 heterocycles. The average molecular weight is 1140 g/mol. The number of aromatic nitrogens is 1. The second kappa shape index (κ2) is 30.1. The Morgan fingerprint density at radius 2 is 1.52 bits per heavy atom. The molecule has 3 aliphatic rings. The number of nitrogens with two attached hydrogens (primary N) is 1. The van der Waals surface area contributed by atoms with Gasteiger partial charge in [-0.25, -0.2) is 9.55 Å². The van der Waals surface area contributed by atoms with Gasteiger partial charge in [0.05, 0.1) is 6.54 Å². The van der Waals surface area contributed by atoms with Gasteiger partial charge in [-0.15, -0.1) is 11.3 Å². The van der Waals surface area contributed by atoms with Crippen molar-refractivity contribution < 1.29 is 61.8 Å². The lowest BCUT2D eigenvalue weighted by Gasteiger charge is -2.37. The highest BCUT2D eigenvalue weighted by Crippen LogP contribution is 2.32. The molecule has 1 unspecified atom stereocenters. The van der Waals surface area contributed by atoms with Crippen molar-refractivity contribution in [2.45, 2.75) is 122 Å². The summed E-state index contributed by atoms with van der Waals surface area (Å²) >= 11 is 1.06. The first kappa shape index (κ1) is 63.1. The van der Waals surface area contributed by atoms with E-state index in [0.29, 0.717) is 44.3 Å². The summed E-state index contributed by atoms with van der Waals surface area (Å²) in [6.07, 6.45) is 3.53. The Kier molecular flexibility index (Phi) is 24.0. The second-order valence-electron chi connectivity index (χ2n) is 20.5. The first-order valence-electron chi connectivity index (χ1n) is 26.7. The number of ether oxygens (including phenoxy) is 1. The van der Waals surface area contributed by atoms with Crippen LogP contribution in [0.2, 0.25) is 0 Å². The zero-order valence-electron chi connectivity index (χ0n) is 46.3. The van der Waals surface area contributed by atoms with E-state index in [1.165, 1.54) is 41.3 Å². The summed E-state index contributed by atoms with van der Waals surface area (Å²) in [5.74, 6) is -4.66. The number of nitrogens with zero attached hydrogens (tertiary/aromatic N) is 7. The molecule has 5 rings (SSSR count). The zero-order valence-corrected chi connectivity index (χ0v) is 48.1. The third-order valence-corrected chi connectivity index (χ3v) is 15.8. The molecule has 0 saturated carbocycles. The van der Waals surface area contributed by atoms with Crippen LogP contribution in [0.15, 0.2) is 41.8 Å². The maximum atomic E-state index is 14.6. The highest BCUT2D eigenvalue weighted by molar-refractivity contribution is 7.17. The molecule has 2 saturated heterocycles. The number of esters is 1. The number of hydrogen-bond acceptors (Lipinski definition) is 17. The Morgan fingerprint density at radius 3 is 2.09 bits per heavy atom. The SMILES string of the molecule is CC[C@H](C)[C@H](NC(=O)[C@H]1CN1C)C(=O)N(C)[C@H](C[C@@H](OC(C)=O)c1nc(C(=O)N(C)[C@@H](Cc2ccc(OP=O)cc2)C(=O)N[C@H](CCCCN)C(=O)NCC(=O)N2CCN(C(=O)CCCN3C(=O)C=CC3=O)CC2)cs1)C(C)C. The molecule has 1 aromatic heterocycles. The molecule has 1 aromatic carbocycles. The Balaban J connectivity index is 1.29. The van der Waals surface area contributed by atoms with E-state index >= 15 is 0 Å². The number of carbonyl (C=O) groups is 10. The van der Waals surface area contributed by atoms with Crippen LogP contribution in [0, 0.1) is 11.8 Å². The molecule has 2 fully saturated rings. The first-order valence-corrected chi connectivity index (χ1v) is 28.3. The van der Waals surface area contributed by atoms with Gasteiger partial charge < -0.3 is 50.5 Å². The molecule has 26 heteroatoms. The van der Waals surface area contributed by atoms with E-state index in [0.717, 1.165) is 16.2 Å². The Bertz CT molecular complexity index is 2540. The van der Waals surface area contributed by atoms with Crippen LogP contribution in [-0.4, -0.2) is 197 Å². The molecule has 8 atom stereocenters. The van der Waals surface area contributed by atoms with Gasteiger partial charge in [-0.05, 0) is 68.8 Å². The van der Waals surface area contributed by atoms with Gasteiger partial charge >= 0.3 is 14.7 Å². The van der Waals surface area contributed by atoms with Crippen LogP contribution in [0.1, 0.15) is 107 Å². The Hall–Kier alpha value is -6.69. The largest absolute Gasteiger partial charge is 0.455 e. The standard InChI is InChI=1S/C53H76N11O13PS/c1-9-33(4)47(58-50(72)41-30-59(41)6)53(74)60(7)39(32(2)3)28-42(76-34(5)65)51-57-38(31-79-51)52(73)61(8)40(27-35-15-17-36(18-16-35)77-78-75)49(71)56-37(13-10-11-21-54)48(70)55-29-46(69)63-25-23-62(24-26-63)43(66)14-12-22-64-44(67)19-20-45(64)68/h15-20,31-33,37,39-42,47H,9-14,21-30,54H2,1-8H3,(H,55,70)(H,56,71)(H,58,72)/t33-,37+,39+,40-,41+,42+,47-,59?/m0/s1. The van der Waals surface area contributed by atoms with Crippen LogP contribution in [-0.2, 0) is 58.9 Å². The van der Waals surface area contributed by atoms with Crippen molar-refractivity contribution in [2.75, 3.05) is 73.5 Å². The Labute approximate surface area is 466 Å². The fraction of sp³-hybridized carbons (Fsp3) is 0.604. The topological polar surface area (TPSA) is 300 Å². The predicted molar refractivity (Wildman–Crippen MR) is 291 cm³/mol. The summed E-state index contributed by atoms with van der Waals surface area (Å²) in [4.78, 5) is 146. The monoisotopic (exact) mass is 1140 g/mol. The fourth-order valence-corrected chi connectivity index (χ4v) is 10.4. The van der Waals surface area contributed by atoms with Gasteiger partial charge in [0, 0.05) is 103 Å². The van der Waals surface area contributed by atoms with Crippen LogP contribution < -0.4 is 26.2 Å². The van der Waals surface area contributed by atoms with Crippen molar-refractivity contribution in [1.29, 1.82) is 0 Å². The number of rotatable bonds is 30. The van der Waals surface area contributed by atoms with Crippen LogP contribution in [0.4, 0.5) is 0 Å². The molecule has 79 heavy (non-hydrogen) atoms. The number of imide groups is 1. The van der Waals surface area contributed by atoms with Crippen molar-refractivity contribution >= 4 is 79.2 Å². The maximum Gasteiger partial charge on any atom is 0.395 e. The third-order valence-electron chi connectivity index (χ3n) is 14.6. The van der Waals surface area contributed by atoms with Gasteiger partial charge in [-0.3, -0.25) is 57.7 Å². The molecule has 0 aliphatic carbocycles. The minimum atomic E-state index is -1.26. The lowest BCUT2D eigenvalue weighted by Crippen LogP contribution is -2.56. The average Bonchev–Trinajstić information content (AvgIpc) is 3.81. The van der Waals surface area contributed by atoms with Crippen LogP contribution in [0.5, 0.6) is 5.75 Å². The van der Waals surface area contributed by atoms with E-state index in [9.17, 15) is 52.5 Å². The number of nitrogens with one attached hydrogen (secondary N) is 3. The van der Waals surface area contributed by atoms with Crippen molar-refractivity contribution in [3.8, 4) is 5.75 Å². The van der Waals surface area contributed by atoms with Gasteiger partial charge in [0.1, 0.15) is 40.6 Å². The summed E-state index contributed by atoms with van der Waals surface area (Å²) in [6.45, 7) is 10.5. The van der Waals surface area contributed by atoms with Crippen LogP contribution in [0.3, 0.4) is 0 Å². The predicted octanol–water partition coefficient (Wildman–Crippen LogP) is 1.84. The van der Waals surface area contributed by atoms with E-state index in [2.05, 4.69) is 20.9 Å². The number of thiazole rings is 1. The van der Waals surface area contributed by atoms with E-state index in [1.54, 1.807) is 41.1 Å². The van der Waals surface area contributed by atoms with Crippen molar-refractivity contribution in [3.63, 3.8) is 0 Å². The Morgan fingerprint density at radius 1 is 0.886 bits per heavy atom. The molecule has 3 aliphatic heterocycles. The number of unbranched alkanes of at least 4 members (excludes halogenated alkanes) is 1. The number of amides is 9. The lowest BCUT2D eigenvalue weighted by molar-refractivity contribution is -0.149. The van der Waals surface area contributed by atoms with Gasteiger partial charge in [-0.2, -0.15) is 0 Å². The van der Waals surface area contributed by atoms with Gasteiger partial charge in [0.25, 0.3) is 17.7 Å². The summed E-state index contributed by atoms with van der Waals surface area (Å²) in [6, 6.07) is 2.32. The third kappa shape index (κ3) is 17.9. The molecule has 0 spiro atoms. The van der Waals surface area contributed by atoms with E-state index in [1.807, 2.05) is 39.6 Å². The molecule has 0 bridgehead atoms. The normalized spacial score (nSPS) is 18.3. The number of carbonyl (C=O) groups excluding carboxylic acids is 10. The molecule has 432 valence electrons. The highest BCUT2D eigenvalue weighted by atomic mass is 32.1. The number of hydrogen-bond donors (Lipinski definition) is 4. The van der Waals surface area contributed by atoms with Gasteiger partial charge in [0.15, 0.2) is 6.10 Å². The lowest BCUT2D eigenvalue weighted by atomic mass is 9.93. The van der Waals surface area contributed by atoms with E-state index in [-0.39, 0.29) is 110 Å². The minimum absolute atomic E-state index is 0.0677. The molecular weight excluding hydrogens is 1060 g/mol. The summed E-state index contributed by atoms with van der Waals surface area (Å²) in [5.41, 5.74) is 6.29. The maximum absolute atomic E-state index is 14.6. The molecular formula is C53H76N11O13PS. The molecule has 2 aromatic rings. The van der Waals surface area contributed by atoms with E-state index in [4.69, 9.17) is 15.0 Å². The quantitative estimate of drug-likeness (QED) is 0.0285. The first-order chi connectivity index (χ1) is 37.6. The second-order valence-corrected chi connectivity index (χ2v) is 21.7. The van der Waals surface area contributed by atoms with Crippen molar-refractivity contribution in [2.24, 2.45) is 17.6 Å². The number of likely N-dealkylation sites (N-methyl/N-ethyl adjacent to an activating group) is 3. The van der Waals surface area contributed by atoms with Gasteiger partial charge in [-0.1, -0.05) is 46.2 Å². The van der Waals surface area contributed by atoms with Gasteiger partial charge in [0.2, 0.25) is 35.4 Å². The van der Waals surface area contributed by atoms with Crippen LogP contribution >= 0.6 is 20.0 Å². The highest BCUT2D eigenvalue weighted by Gasteiger charge is 2.42. The number of piperazine rings is 1. The summed E-state index contributed by atoms with van der Waals surface area (Å²) in [5, 5.41) is 10.2. The van der Waals surface area contributed by atoms with Crippen molar-refractivity contribution in [3.05, 3.63) is 58.1 Å². The molecule has 9 amide bonds. The summed E-state index contributed by atoms with van der Waals surface area (Å²) < 4.78 is 22.0. The molecule has 24 nitrogen and oxygen atoms in total. The van der Waals surface area contributed by atoms with Crippen molar-refractivity contribution in [1.82, 2.24) is 50.3 Å². The molecule has 0 radical (unpaired) electrons. The zero-order chi connectivity index (χ0) is 58.1. The number of benzene rings is 1. The van der Waals surface area contributed by atoms with Crippen LogP contribution in [0.25, 0.3) is 0 Å². The van der Waals surface area contributed by atoms with E-state index < -0.39 is 86.9 Å². The fourth-order valence-electron chi connectivity index (χ4n) is 9.37. The summed E-state index contributed by atoms with van der Waals surface area (Å²) in [7, 11) is 4.33. The smallest absolute Gasteiger partial charge is 0.395 e. The molecule has 5 N–H and O–H groups in total. The minimum Gasteiger partial charge on any atom is -0.455 e.